The van der Waals surface area contributed by atoms with Gasteiger partial charge in [-0.05, 0) is 12.1 Å². The first-order valence-corrected chi connectivity index (χ1v) is 6.07. The van der Waals surface area contributed by atoms with Gasteiger partial charge in [-0.25, -0.2) is 4.39 Å². The highest BCUT2D eigenvalue weighted by atomic mass is 35.5. The molecule has 0 aliphatic heterocycles. The Labute approximate surface area is 118 Å². The van der Waals surface area contributed by atoms with Gasteiger partial charge < -0.3 is 10.1 Å². The lowest BCUT2D eigenvalue weighted by molar-refractivity contribution is 0.467. The van der Waals surface area contributed by atoms with E-state index in [9.17, 15) is 4.39 Å². The minimum atomic E-state index is -0.508. The second-order valence-corrected chi connectivity index (χ2v) is 4.32. The summed E-state index contributed by atoms with van der Waals surface area (Å²) < 4.78 is 18.7. The van der Waals surface area contributed by atoms with Gasteiger partial charge >= 0.3 is 0 Å². The molecule has 3 rings (SSSR count). The Bertz CT molecular complexity index is 776. The van der Waals surface area contributed by atoms with E-state index in [4.69, 9.17) is 16.3 Å². The molecule has 0 bridgehead atoms. The SMILES string of the molecule is CNc1nc(Oc2ccc(F)c(Cl)c2)c2cn[nH]c2n1. The summed E-state index contributed by atoms with van der Waals surface area (Å²) in [6.07, 6.45) is 1.55. The molecule has 6 nitrogen and oxygen atoms in total. The second-order valence-electron chi connectivity index (χ2n) is 3.91. The number of ether oxygens (including phenoxy) is 1. The molecule has 2 heterocycles. The molecule has 0 aliphatic carbocycles. The molecular weight excluding hydrogens is 285 g/mol. The number of hydrogen-bond acceptors (Lipinski definition) is 5. The van der Waals surface area contributed by atoms with Gasteiger partial charge in [0.15, 0.2) is 5.65 Å². The summed E-state index contributed by atoms with van der Waals surface area (Å²) in [7, 11) is 1.69. The number of nitrogens with one attached hydrogen (secondary N) is 2. The monoisotopic (exact) mass is 293 g/mol. The fourth-order valence-corrected chi connectivity index (χ4v) is 1.82. The van der Waals surface area contributed by atoms with Gasteiger partial charge in [0.25, 0.3) is 0 Å². The van der Waals surface area contributed by atoms with Gasteiger partial charge in [-0.2, -0.15) is 15.1 Å². The van der Waals surface area contributed by atoms with Crippen molar-refractivity contribution in [3.63, 3.8) is 0 Å². The fourth-order valence-electron chi connectivity index (χ4n) is 1.65. The van der Waals surface area contributed by atoms with Gasteiger partial charge in [-0.3, -0.25) is 5.10 Å². The number of fused-ring (bicyclic) bond motifs is 1. The zero-order valence-corrected chi connectivity index (χ0v) is 11.1. The third-order valence-electron chi connectivity index (χ3n) is 2.60. The molecule has 8 heteroatoms. The summed E-state index contributed by atoms with van der Waals surface area (Å²) in [5.74, 6) is 0.548. The Morgan fingerprint density at radius 1 is 1.35 bits per heavy atom. The van der Waals surface area contributed by atoms with Gasteiger partial charge in [0.1, 0.15) is 17.0 Å². The molecule has 0 saturated heterocycles. The average Bonchev–Trinajstić information content (AvgIpc) is 2.91. The van der Waals surface area contributed by atoms with E-state index < -0.39 is 5.82 Å². The summed E-state index contributed by atoms with van der Waals surface area (Å²) >= 11 is 5.72. The maximum absolute atomic E-state index is 13.1. The first-order valence-electron chi connectivity index (χ1n) is 5.69. The van der Waals surface area contributed by atoms with E-state index in [1.807, 2.05) is 0 Å². The molecule has 0 unspecified atom stereocenters. The van der Waals surface area contributed by atoms with Crippen LogP contribution in [0.15, 0.2) is 24.4 Å². The minimum absolute atomic E-state index is 0.0196. The largest absolute Gasteiger partial charge is 0.438 e. The Morgan fingerprint density at radius 2 is 2.20 bits per heavy atom. The lowest BCUT2D eigenvalue weighted by Crippen LogP contribution is -1.99. The number of hydrogen-bond donors (Lipinski definition) is 2. The third kappa shape index (κ3) is 2.23. The fraction of sp³-hybridized carbons (Fsp3) is 0.0833. The van der Waals surface area contributed by atoms with Crippen LogP contribution >= 0.6 is 11.6 Å². The molecule has 0 spiro atoms. The van der Waals surface area contributed by atoms with E-state index in [0.717, 1.165) is 0 Å². The molecule has 0 atom stereocenters. The number of rotatable bonds is 3. The molecule has 0 radical (unpaired) electrons. The number of aromatic nitrogens is 4. The highest BCUT2D eigenvalue weighted by Gasteiger charge is 2.12. The van der Waals surface area contributed by atoms with Crippen molar-refractivity contribution in [1.29, 1.82) is 0 Å². The summed E-state index contributed by atoms with van der Waals surface area (Å²) in [4.78, 5) is 8.38. The van der Waals surface area contributed by atoms with E-state index in [1.165, 1.54) is 18.2 Å². The lowest BCUT2D eigenvalue weighted by Gasteiger charge is -2.07. The van der Waals surface area contributed by atoms with E-state index in [1.54, 1.807) is 13.2 Å². The van der Waals surface area contributed by atoms with Crippen molar-refractivity contribution in [1.82, 2.24) is 20.2 Å². The molecule has 2 N–H and O–H groups in total. The topological polar surface area (TPSA) is 75.7 Å². The summed E-state index contributed by atoms with van der Waals surface area (Å²) in [6, 6.07) is 4.07. The van der Waals surface area contributed by atoms with E-state index >= 15 is 0 Å². The van der Waals surface area contributed by atoms with Crippen LogP contribution in [0.25, 0.3) is 11.0 Å². The van der Waals surface area contributed by atoms with Gasteiger partial charge in [-0.15, -0.1) is 0 Å². The van der Waals surface area contributed by atoms with E-state index in [2.05, 4.69) is 25.5 Å². The van der Waals surface area contributed by atoms with Crippen LogP contribution < -0.4 is 10.1 Å². The number of halogens is 2. The Balaban J connectivity index is 2.04. The zero-order valence-electron chi connectivity index (χ0n) is 10.3. The van der Waals surface area contributed by atoms with Crippen molar-refractivity contribution in [2.75, 3.05) is 12.4 Å². The van der Waals surface area contributed by atoms with Gasteiger partial charge in [0.2, 0.25) is 11.8 Å². The molecule has 0 saturated carbocycles. The summed E-state index contributed by atoms with van der Waals surface area (Å²) in [6.45, 7) is 0. The second kappa shape index (κ2) is 4.93. The van der Waals surface area contributed by atoms with Crippen molar-refractivity contribution >= 4 is 28.6 Å². The smallest absolute Gasteiger partial charge is 0.235 e. The quantitative estimate of drug-likeness (QED) is 0.776. The summed E-state index contributed by atoms with van der Waals surface area (Å²) in [5.41, 5.74) is 0.535. The maximum Gasteiger partial charge on any atom is 0.235 e. The van der Waals surface area contributed by atoms with Gasteiger partial charge in [-0.1, -0.05) is 11.6 Å². The number of H-pyrrole nitrogens is 1. The average molecular weight is 294 g/mol. The van der Waals surface area contributed by atoms with Crippen LogP contribution in [0.3, 0.4) is 0 Å². The molecule has 3 aromatic rings. The highest BCUT2D eigenvalue weighted by Crippen LogP contribution is 2.29. The Hall–Kier alpha value is -2.41. The van der Waals surface area contributed by atoms with Crippen molar-refractivity contribution < 1.29 is 9.13 Å². The number of anilines is 1. The predicted molar refractivity (Wildman–Crippen MR) is 72.7 cm³/mol. The number of nitrogens with zero attached hydrogens (tertiary/aromatic N) is 3. The van der Waals surface area contributed by atoms with Crippen LogP contribution in [0.4, 0.5) is 10.3 Å². The van der Waals surface area contributed by atoms with Crippen molar-refractivity contribution in [3.8, 4) is 11.6 Å². The van der Waals surface area contributed by atoms with Crippen molar-refractivity contribution in [2.45, 2.75) is 0 Å². The van der Waals surface area contributed by atoms with Gasteiger partial charge in [0.05, 0.1) is 11.2 Å². The number of benzene rings is 1. The molecule has 0 aliphatic rings. The van der Waals surface area contributed by atoms with Crippen LogP contribution in [0.5, 0.6) is 11.6 Å². The summed E-state index contributed by atoms with van der Waals surface area (Å²) in [5, 5.41) is 10.0. The molecule has 0 amide bonds. The minimum Gasteiger partial charge on any atom is -0.438 e. The van der Waals surface area contributed by atoms with Crippen molar-refractivity contribution in [2.24, 2.45) is 0 Å². The first kappa shape index (κ1) is 12.6. The molecule has 2 aromatic heterocycles. The molecular formula is C12H9ClFN5O. The Kier molecular flexibility index (Phi) is 3.11. The van der Waals surface area contributed by atoms with Crippen LogP contribution in [0.2, 0.25) is 5.02 Å². The molecule has 0 fully saturated rings. The van der Waals surface area contributed by atoms with Crippen LogP contribution in [0, 0.1) is 5.82 Å². The Morgan fingerprint density at radius 3 is 2.95 bits per heavy atom. The lowest BCUT2D eigenvalue weighted by atomic mass is 10.3. The molecule has 102 valence electrons. The predicted octanol–water partition coefficient (Wildman–Crippen LogP) is 2.98. The maximum atomic E-state index is 13.1. The normalized spacial score (nSPS) is 10.8. The van der Waals surface area contributed by atoms with E-state index in [-0.39, 0.29) is 5.02 Å². The molecule has 20 heavy (non-hydrogen) atoms. The van der Waals surface area contributed by atoms with Crippen molar-refractivity contribution in [3.05, 3.63) is 35.2 Å². The van der Waals surface area contributed by atoms with E-state index in [0.29, 0.717) is 28.6 Å². The van der Waals surface area contributed by atoms with Crippen LogP contribution in [-0.4, -0.2) is 27.2 Å². The standard InChI is InChI=1S/C12H9ClFN5O/c1-15-12-17-10-7(5-16-19-10)11(18-12)20-6-2-3-9(14)8(13)4-6/h2-5H,1H3,(H2,15,16,17,18,19). The number of aromatic amines is 1. The first-order chi connectivity index (χ1) is 9.67. The van der Waals surface area contributed by atoms with Crippen LogP contribution in [0.1, 0.15) is 0 Å². The molecule has 1 aromatic carbocycles. The zero-order chi connectivity index (χ0) is 14.1. The van der Waals surface area contributed by atoms with Gasteiger partial charge in [0, 0.05) is 13.1 Å². The third-order valence-corrected chi connectivity index (χ3v) is 2.89. The highest BCUT2D eigenvalue weighted by molar-refractivity contribution is 6.30. The van der Waals surface area contributed by atoms with Crippen LogP contribution in [-0.2, 0) is 0 Å².